The highest BCUT2D eigenvalue weighted by molar-refractivity contribution is 7.99. The van der Waals surface area contributed by atoms with Gasteiger partial charge in [0, 0.05) is 17.7 Å². The van der Waals surface area contributed by atoms with Gasteiger partial charge >= 0.3 is 5.97 Å². The fourth-order valence-corrected chi connectivity index (χ4v) is 4.64. The first kappa shape index (κ1) is 14.7. The topological polar surface area (TPSA) is 72.3 Å². The summed E-state index contributed by atoms with van der Waals surface area (Å²) in [6.45, 7) is 2.66. The first-order valence-electron chi connectivity index (χ1n) is 6.88. The minimum atomic E-state index is -0.901. The molecule has 1 fully saturated rings. The summed E-state index contributed by atoms with van der Waals surface area (Å²) in [5, 5.41) is 11.0. The van der Waals surface area contributed by atoms with Gasteiger partial charge in [-0.25, -0.2) is 14.8 Å². The molecule has 0 aromatic carbocycles. The summed E-state index contributed by atoms with van der Waals surface area (Å²) in [7, 11) is 0. The van der Waals surface area contributed by atoms with Crippen molar-refractivity contribution in [3.8, 4) is 0 Å². The monoisotopic (exact) mass is 324 g/mol. The summed E-state index contributed by atoms with van der Waals surface area (Å²) in [5.41, 5.74) is 0.759. The molecule has 0 bridgehead atoms. The highest BCUT2D eigenvalue weighted by atomic mass is 32.2. The van der Waals surface area contributed by atoms with Gasteiger partial charge in [-0.15, -0.1) is 23.1 Å². The van der Waals surface area contributed by atoms with Crippen molar-refractivity contribution in [2.45, 2.75) is 37.3 Å². The van der Waals surface area contributed by atoms with E-state index >= 15 is 0 Å². The molecule has 3 heterocycles. The molecule has 7 heteroatoms. The SMILES string of the molecule is Cc1c(C(=O)O)sc2ncnc(SCC3CCCCO3)c12. The van der Waals surface area contributed by atoms with Crippen molar-refractivity contribution in [3.63, 3.8) is 0 Å². The molecule has 0 aliphatic carbocycles. The quantitative estimate of drug-likeness (QED) is 0.687. The summed E-state index contributed by atoms with van der Waals surface area (Å²) in [5.74, 6) is -0.0499. The van der Waals surface area contributed by atoms with Crippen LogP contribution in [0.1, 0.15) is 34.5 Å². The number of ether oxygens (including phenoxy) is 1. The van der Waals surface area contributed by atoms with Gasteiger partial charge in [0.25, 0.3) is 0 Å². The molecule has 1 atom stereocenters. The van der Waals surface area contributed by atoms with Gasteiger partial charge in [0.1, 0.15) is 21.1 Å². The van der Waals surface area contributed by atoms with Crippen molar-refractivity contribution in [1.29, 1.82) is 0 Å². The second-order valence-corrected chi connectivity index (χ2v) is 7.03. The molecule has 0 saturated carbocycles. The van der Waals surface area contributed by atoms with Crippen LogP contribution in [0.2, 0.25) is 0 Å². The fourth-order valence-electron chi connectivity index (χ4n) is 2.46. The maximum Gasteiger partial charge on any atom is 0.346 e. The molecule has 1 unspecified atom stereocenters. The summed E-state index contributed by atoms with van der Waals surface area (Å²) in [4.78, 5) is 20.9. The fraction of sp³-hybridized carbons (Fsp3) is 0.500. The predicted octanol–water partition coefficient (Wildman–Crippen LogP) is 3.36. The standard InChI is InChI=1S/C14H16N2O3S2/c1-8-10-12(20-6-9-4-2-3-5-19-9)15-7-16-13(10)21-11(8)14(17)18/h7,9H,2-6H2,1H3,(H,17,18). The van der Waals surface area contributed by atoms with E-state index in [2.05, 4.69) is 9.97 Å². The Morgan fingerprint density at radius 2 is 2.38 bits per heavy atom. The lowest BCUT2D eigenvalue weighted by molar-refractivity contribution is 0.0315. The maximum atomic E-state index is 11.2. The maximum absolute atomic E-state index is 11.2. The van der Waals surface area contributed by atoms with Gasteiger partial charge in [0.15, 0.2) is 0 Å². The number of hydrogen-bond acceptors (Lipinski definition) is 6. The third-order valence-corrected chi connectivity index (χ3v) is 5.88. The van der Waals surface area contributed by atoms with Gasteiger partial charge in [0.2, 0.25) is 0 Å². The smallest absolute Gasteiger partial charge is 0.346 e. The molecule has 1 N–H and O–H groups in total. The van der Waals surface area contributed by atoms with Crippen LogP contribution in [0.25, 0.3) is 10.2 Å². The third-order valence-electron chi connectivity index (χ3n) is 3.57. The number of rotatable bonds is 4. The Hall–Kier alpha value is -1.18. The summed E-state index contributed by atoms with van der Waals surface area (Å²) in [6.07, 6.45) is 5.22. The molecule has 2 aromatic rings. The van der Waals surface area contributed by atoms with E-state index in [1.807, 2.05) is 6.92 Å². The number of aromatic carboxylic acids is 1. The van der Waals surface area contributed by atoms with Crippen LogP contribution in [0.5, 0.6) is 0 Å². The van der Waals surface area contributed by atoms with E-state index in [0.29, 0.717) is 4.88 Å². The van der Waals surface area contributed by atoms with Gasteiger partial charge in [-0.1, -0.05) is 0 Å². The molecule has 0 radical (unpaired) electrons. The first-order valence-corrected chi connectivity index (χ1v) is 8.69. The van der Waals surface area contributed by atoms with E-state index in [0.717, 1.165) is 46.0 Å². The number of nitrogens with zero attached hydrogens (tertiary/aromatic N) is 2. The van der Waals surface area contributed by atoms with E-state index in [1.54, 1.807) is 11.8 Å². The number of carboxylic acid groups (broad SMARTS) is 1. The Kier molecular flexibility index (Phi) is 4.42. The zero-order chi connectivity index (χ0) is 14.8. The number of hydrogen-bond donors (Lipinski definition) is 1. The van der Waals surface area contributed by atoms with E-state index in [1.165, 1.54) is 24.1 Å². The number of carboxylic acids is 1. The lowest BCUT2D eigenvalue weighted by Gasteiger charge is -2.21. The lowest BCUT2D eigenvalue weighted by atomic mass is 10.1. The normalized spacial score (nSPS) is 19.0. The Bertz CT molecular complexity index is 666. The van der Waals surface area contributed by atoms with Gasteiger partial charge < -0.3 is 9.84 Å². The van der Waals surface area contributed by atoms with E-state index in [9.17, 15) is 9.90 Å². The number of aryl methyl sites for hydroxylation is 1. The number of fused-ring (bicyclic) bond motifs is 1. The number of aromatic nitrogens is 2. The minimum Gasteiger partial charge on any atom is -0.477 e. The number of thiophene rings is 1. The van der Waals surface area contributed by atoms with Gasteiger partial charge in [0.05, 0.1) is 6.10 Å². The summed E-state index contributed by atoms with van der Waals surface area (Å²) in [6, 6.07) is 0. The molecule has 0 amide bonds. The van der Waals surface area contributed by atoms with Crippen molar-refractivity contribution in [2.75, 3.05) is 12.4 Å². The van der Waals surface area contributed by atoms with Crippen molar-refractivity contribution < 1.29 is 14.6 Å². The first-order chi connectivity index (χ1) is 10.2. The van der Waals surface area contributed by atoms with Crippen molar-refractivity contribution in [3.05, 3.63) is 16.8 Å². The highest BCUT2D eigenvalue weighted by Gasteiger charge is 2.20. The Morgan fingerprint density at radius 3 is 3.10 bits per heavy atom. The van der Waals surface area contributed by atoms with Crippen LogP contribution < -0.4 is 0 Å². The zero-order valence-electron chi connectivity index (χ0n) is 11.7. The number of thioether (sulfide) groups is 1. The zero-order valence-corrected chi connectivity index (χ0v) is 13.3. The Labute approximate surface area is 130 Å². The van der Waals surface area contributed by atoms with Gasteiger partial charge in [-0.2, -0.15) is 0 Å². The van der Waals surface area contributed by atoms with Crippen molar-refractivity contribution in [2.24, 2.45) is 0 Å². The predicted molar refractivity (Wildman–Crippen MR) is 83.4 cm³/mol. The third kappa shape index (κ3) is 3.04. The lowest BCUT2D eigenvalue weighted by Crippen LogP contribution is -2.21. The van der Waals surface area contributed by atoms with E-state index < -0.39 is 5.97 Å². The van der Waals surface area contributed by atoms with Crippen LogP contribution in [0.4, 0.5) is 0 Å². The summed E-state index contributed by atoms with van der Waals surface area (Å²) < 4.78 is 5.73. The number of carbonyl (C=O) groups is 1. The van der Waals surface area contributed by atoms with Crippen molar-refractivity contribution >= 4 is 39.3 Å². The molecular formula is C14H16N2O3S2. The molecule has 5 nitrogen and oxygen atoms in total. The Morgan fingerprint density at radius 1 is 1.52 bits per heavy atom. The van der Waals surface area contributed by atoms with Crippen LogP contribution >= 0.6 is 23.1 Å². The minimum absolute atomic E-state index is 0.270. The molecular weight excluding hydrogens is 308 g/mol. The summed E-state index contributed by atoms with van der Waals surface area (Å²) >= 11 is 2.85. The second kappa shape index (κ2) is 6.29. The van der Waals surface area contributed by atoms with E-state index in [-0.39, 0.29) is 6.10 Å². The molecule has 0 spiro atoms. The molecule has 3 rings (SSSR count). The second-order valence-electron chi connectivity index (χ2n) is 5.02. The van der Waals surface area contributed by atoms with Crippen LogP contribution in [-0.4, -0.2) is 39.5 Å². The molecule has 112 valence electrons. The van der Waals surface area contributed by atoms with E-state index in [4.69, 9.17) is 4.74 Å². The van der Waals surface area contributed by atoms with Crippen LogP contribution in [0.3, 0.4) is 0 Å². The van der Waals surface area contributed by atoms with Crippen molar-refractivity contribution in [1.82, 2.24) is 9.97 Å². The van der Waals surface area contributed by atoms with Crippen LogP contribution in [0, 0.1) is 6.92 Å². The average molecular weight is 324 g/mol. The van der Waals surface area contributed by atoms with Crippen LogP contribution in [0.15, 0.2) is 11.4 Å². The molecule has 1 saturated heterocycles. The molecule has 21 heavy (non-hydrogen) atoms. The molecule has 1 aliphatic rings. The molecule has 1 aliphatic heterocycles. The van der Waals surface area contributed by atoms with Gasteiger partial charge in [-0.3, -0.25) is 0 Å². The highest BCUT2D eigenvalue weighted by Crippen LogP contribution is 2.35. The largest absolute Gasteiger partial charge is 0.477 e. The molecule has 2 aromatic heterocycles. The Balaban J connectivity index is 1.86. The van der Waals surface area contributed by atoms with Gasteiger partial charge in [-0.05, 0) is 31.7 Å². The van der Waals surface area contributed by atoms with Crippen LogP contribution in [-0.2, 0) is 4.74 Å². The average Bonchev–Trinajstić information content (AvgIpc) is 2.84.